The van der Waals surface area contributed by atoms with Crippen molar-refractivity contribution in [2.75, 3.05) is 0 Å². The van der Waals surface area contributed by atoms with Crippen LogP contribution in [0.1, 0.15) is 45.4 Å². The molecule has 1 aliphatic rings. The third-order valence-corrected chi connectivity index (χ3v) is 2.25. The summed E-state index contributed by atoms with van der Waals surface area (Å²) in [5, 5.41) is 9.69. The third-order valence-electron chi connectivity index (χ3n) is 2.25. The second kappa shape index (κ2) is 5.36. The highest BCUT2D eigenvalue weighted by molar-refractivity contribution is 4.83. The molecule has 1 fully saturated rings. The van der Waals surface area contributed by atoms with Crippen molar-refractivity contribution >= 4 is 0 Å². The molecule has 0 spiro atoms. The molecule has 1 heteroatoms. The van der Waals surface area contributed by atoms with E-state index in [4.69, 9.17) is 0 Å². The Labute approximate surface area is 70.1 Å². The van der Waals surface area contributed by atoms with Crippen LogP contribution in [0, 0.1) is 0 Å². The lowest BCUT2D eigenvalue weighted by molar-refractivity contribution is 0.0381. The van der Waals surface area contributed by atoms with Crippen LogP contribution in [-0.2, 0) is 0 Å². The minimum Gasteiger partial charge on any atom is -0.390 e. The monoisotopic (exact) mass is 156 g/mol. The SMILES string of the molecule is C=C.CCCC1(O)CCCC1. The topological polar surface area (TPSA) is 20.2 Å². The first-order valence-electron chi connectivity index (χ1n) is 4.49. The Morgan fingerprint density at radius 2 is 1.73 bits per heavy atom. The van der Waals surface area contributed by atoms with Crippen molar-refractivity contribution in [3.8, 4) is 0 Å². The molecule has 0 bridgehead atoms. The van der Waals surface area contributed by atoms with Gasteiger partial charge in [0.2, 0.25) is 0 Å². The van der Waals surface area contributed by atoms with Gasteiger partial charge in [-0.15, -0.1) is 13.2 Å². The van der Waals surface area contributed by atoms with Crippen LogP contribution in [0.25, 0.3) is 0 Å². The molecule has 0 atom stereocenters. The first kappa shape index (κ1) is 10.7. The fourth-order valence-electron chi connectivity index (χ4n) is 1.75. The Morgan fingerprint density at radius 1 is 1.27 bits per heavy atom. The average Bonchev–Trinajstić information content (AvgIpc) is 2.41. The standard InChI is InChI=1S/C8H16O.C2H4/c1-2-5-8(9)6-3-4-7-8;1-2/h9H,2-7H2,1H3;1-2H2. The molecule has 0 amide bonds. The number of rotatable bonds is 2. The lowest BCUT2D eigenvalue weighted by Gasteiger charge is -2.20. The molecular formula is C10H20O. The van der Waals surface area contributed by atoms with Crippen LogP contribution < -0.4 is 0 Å². The second-order valence-electron chi connectivity index (χ2n) is 3.18. The minimum atomic E-state index is -0.255. The summed E-state index contributed by atoms with van der Waals surface area (Å²) in [4.78, 5) is 0. The van der Waals surface area contributed by atoms with Crippen LogP contribution in [0.2, 0.25) is 0 Å². The predicted molar refractivity (Wildman–Crippen MR) is 49.6 cm³/mol. The van der Waals surface area contributed by atoms with Crippen molar-refractivity contribution in [1.29, 1.82) is 0 Å². The zero-order valence-corrected chi connectivity index (χ0v) is 7.60. The van der Waals surface area contributed by atoms with E-state index in [0.29, 0.717) is 0 Å². The zero-order chi connectivity index (χ0) is 8.74. The average molecular weight is 156 g/mol. The molecule has 11 heavy (non-hydrogen) atoms. The van der Waals surface area contributed by atoms with E-state index < -0.39 is 0 Å². The van der Waals surface area contributed by atoms with Crippen LogP contribution in [-0.4, -0.2) is 10.7 Å². The molecule has 1 nitrogen and oxygen atoms in total. The van der Waals surface area contributed by atoms with Gasteiger partial charge in [0.25, 0.3) is 0 Å². The van der Waals surface area contributed by atoms with E-state index in [2.05, 4.69) is 20.1 Å². The normalized spacial score (nSPS) is 20.5. The fourth-order valence-corrected chi connectivity index (χ4v) is 1.75. The molecule has 0 aliphatic heterocycles. The summed E-state index contributed by atoms with van der Waals surface area (Å²) in [6, 6.07) is 0. The van der Waals surface area contributed by atoms with Crippen molar-refractivity contribution < 1.29 is 5.11 Å². The van der Waals surface area contributed by atoms with Gasteiger partial charge in [-0.1, -0.05) is 26.2 Å². The molecule has 1 saturated carbocycles. The molecule has 0 aromatic heterocycles. The molecule has 0 aromatic rings. The Kier molecular flexibility index (Phi) is 5.22. The molecule has 0 heterocycles. The van der Waals surface area contributed by atoms with Gasteiger partial charge in [0, 0.05) is 0 Å². The van der Waals surface area contributed by atoms with Gasteiger partial charge in [0.1, 0.15) is 0 Å². The third kappa shape index (κ3) is 3.57. The van der Waals surface area contributed by atoms with Crippen LogP contribution in [0.3, 0.4) is 0 Å². The first-order chi connectivity index (χ1) is 5.27. The van der Waals surface area contributed by atoms with Gasteiger partial charge in [-0.25, -0.2) is 0 Å². The maximum atomic E-state index is 9.69. The van der Waals surface area contributed by atoms with Gasteiger partial charge in [-0.2, -0.15) is 0 Å². The lowest BCUT2D eigenvalue weighted by Crippen LogP contribution is -2.22. The van der Waals surface area contributed by atoms with Crippen LogP contribution in [0.4, 0.5) is 0 Å². The van der Waals surface area contributed by atoms with Crippen molar-refractivity contribution in [1.82, 2.24) is 0 Å². The fraction of sp³-hybridized carbons (Fsp3) is 0.800. The molecule has 1 aliphatic carbocycles. The van der Waals surface area contributed by atoms with Crippen molar-refractivity contribution in [2.24, 2.45) is 0 Å². The smallest absolute Gasteiger partial charge is 0.0647 e. The maximum absolute atomic E-state index is 9.69. The highest BCUT2D eigenvalue weighted by atomic mass is 16.3. The first-order valence-corrected chi connectivity index (χ1v) is 4.49. The largest absolute Gasteiger partial charge is 0.390 e. The Hall–Kier alpha value is -0.300. The molecule has 0 radical (unpaired) electrons. The highest BCUT2D eigenvalue weighted by Gasteiger charge is 2.29. The Morgan fingerprint density at radius 3 is 2.09 bits per heavy atom. The summed E-state index contributed by atoms with van der Waals surface area (Å²) in [6.07, 6.45) is 6.68. The molecule has 0 saturated heterocycles. The van der Waals surface area contributed by atoms with Gasteiger partial charge >= 0.3 is 0 Å². The van der Waals surface area contributed by atoms with Gasteiger partial charge in [-0.05, 0) is 19.3 Å². The molecule has 1 N–H and O–H groups in total. The van der Waals surface area contributed by atoms with E-state index in [-0.39, 0.29) is 5.60 Å². The highest BCUT2D eigenvalue weighted by Crippen LogP contribution is 2.32. The minimum absolute atomic E-state index is 0.255. The van der Waals surface area contributed by atoms with Gasteiger partial charge in [0.05, 0.1) is 5.60 Å². The summed E-state index contributed by atoms with van der Waals surface area (Å²) in [5.41, 5.74) is -0.255. The molecule has 1 rings (SSSR count). The number of aliphatic hydroxyl groups is 1. The summed E-state index contributed by atoms with van der Waals surface area (Å²) in [6.45, 7) is 8.14. The second-order valence-corrected chi connectivity index (χ2v) is 3.18. The van der Waals surface area contributed by atoms with E-state index in [1.165, 1.54) is 12.8 Å². The maximum Gasteiger partial charge on any atom is 0.0647 e. The molecule has 0 aromatic carbocycles. The summed E-state index contributed by atoms with van der Waals surface area (Å²) < 4.78 is 0. The predicted octanol–water partition coefficient (Wildman–Crippen LogP) is 2.89. The van der Waals surface area contributed by atoms with Gasteiger partial charge < -0.3 is 5.11 Å². The number of hydrogen-bond donors (Lipinski definition) is 1. The number of hydrogen-bond acceptors (Lipinski definition) is 1. The summed E-state index contributed by atoms with van der Waals surface area (Å²) in [7, 11) is 0. The Bertz CT molecular complexity index is 93.0. The molecule has 66 valence electrons. The summed E-state index contributed by atoms with van der Waals surface area (Å²) >= 11 is 0. The van der Waals surface area contributed by atoms with Crippen LogP contribution >= 0.6 is 0 Å². The van der Waals surface area contributed by atoms with Crippen molar-refractivity contribution in [3.05, 3.63) is 13.2 Å². The van der Waals surface area contributed by atoms with E-state index in [1.807, 2.05) is 0 Å². The van der Waals surface area contributed by atoms with E-state index >= 15 is 0 Å². The van der Waals surface area contributed by atoms with Crippen molar-refractivity contribution in [3.63, 3.8) is 0 Å². The van der Waals surface area contributed by atoms with Gasteiger partial charge in [-0.3, -0.25) is 0 Å². The quantitative estimate of drug-likeness (QED) is 0.609. The zero-order valence-electron chi connectivity index (χ0n) is 7.60. The van der Waals surface area contributed by atoms with Crippen molar-refractivity contribution in [2.45, 2.75) is 51.0 Å². The lowest BCUT2D eigenvalue weighted by atomic mass is 9.97. The molecule has 0 unspecified atom stereocenters. The van der Waals surface area contributed by atoms with Gasteiger partial charge in [0.15, 0.2) is 0 Å². The Balaban J connectivity index is 0.000000461. The van der Waals surface area contributed by atoms with E-state index in [0.717, 1.165) is 25.7 Å². The summed E-state index contributed by atoms with van der Waals surface area (Å²) in [5.74, 6) is 0. The van der Waals surface area contributed by atoms with E-state index in [9.17, 15) is 5.11 Å². The van der Waals surface area contributed by atoms with Crippen LogP contribution in [0.15, 0.2) is 13.2 Å². The molecular weight excluding hydrogens is 136 g/mol. The van der Waals surface area contributed by atoms with Crippen LogP contribution in [0.5, 0.6) is 0 Å². The van der Waals surface area contributed by atoms with E-state index in [1.54, 1.807) is 0 Å².